The number of nitrogens with one attached hydrogen (secondary N) is 2. The molecule has 18 heavy (non-hydrogen) atoms. The van der Waals surface area contributed by atoms with E-state index in [1.54, 1.807) is 31.5 Å². The average molecular weight is 246 g/mol. The summed E-state index contributed by atoms with van der Waals surface area (Å²) in [5.74, 6) is -0.794. The molecule has 0 aliphatic carbocycles. The van der Waals surface area contributed by atoms with Crippen molar-refractivity contribution in [1.82, 2.24) is 15.2 Å². The second-order valence-electron chi connectivity index (χ2n) is 4.12. The van der Waals surface area contributed by atoms with Gasteiger partial charge >= 0.3 is 0 Å². The molecule has 0 bridgehead atoms. The average Bonchev–Trinajstić information content (AvgIpc) is 2.67. The molecule has 94 valence electrons. The van der Waals surface area contributed by atoms with Crippen LogP contribution in [0, 0.1) is 6.92 Å². The topological polar surface area (TPSA) is 105 Å². The van der Waals surface area contributed by atoms with E-state index in [1.807, 2.05) is 0 Å². The van der Waals surface area contributed by atoms with Gasteiger partial charge in [0.25, 0.3) is 5.56 Å². The molecule has 0 aliphatic rings. The summed E-state index contributed by atoms with van der Waals surface area (Å²) in [6, 6.07) is 3.55. The predicted octanol–water partition coefficient (Wildman–Crippen LogP) is 0.414. The highest BCUT2D eigenvalue weighted by Crippen LogP contribution is 2.26. The van der Waals surface area contributed by atoms with Gasteiger partial charge in [0.1, 0.15) is 0 Å². The van der Waals surface area contributed by atoms with E-state index in [0.29, 0.717) is 11.3 Å². The smallest absolute Gasteiger partial charge is 0.267 e. The fraction of sp³-hybridized carbons (Fsp3) is 0.250. The van der Waals surface area contributed by atoms with Crippen molar-refractivity contribution in [2.24, 2.45) is 5.73 Å². The van der Waals surface area contributed by atoms with Crippen LogP contribution in [0.5, 0.6) is 0 Å². The number of H-pyrrole nitrogens is 2. The van der Waals surface area contributed by atoms with Gasteiger partial charge in [-0.25, -0.2) is 0 Å². The van der Waals surface area contributed by atoms with Crippen LogP contribution in [0.4, 0.5) is 0 Å². The first-order valence-corrected chi connectivity index (χ1v) is 5.55. The van der Waals surface area contributed by atoms with Crippen molar-refractivity contribution in [2.45, 2.75) is 19.3 Å². The Kier molecular flexibility index (Phi) is 3.27. The molecule has 4 N–H and O–H groups in total. The summed E-state index contributed by atoms with van der Waals surface area (Å²) in [7, 11) is 0. The molecule has 0 aromatic carbocycles. The van der Waals surface area contributed by atoms with E-state index in [4.69, 9.17) is 5.73 Å². The van der Waals surface area contributed by atoms with Crippen LogP contribution in [0.1, 0.15) is 29.2 Å². The standard InChI is InChI=1S/C12H14N4O2/c1-7-11(12(18)16-15-7)9(6-10(13)17)8-2-4-14-5-3-8/h2-5,9H,6H2,1H3,(H2,13,17)(H2,15,16,18)/t9-/m1/s1. The molecule has 2 aromatic heterocycles. The molecule has 6 heteroatoms. The number of aromatic nitrogens is 3. The fourth-order valence-electron chi connectivity index (χ4n) is 2.06. The quantitative estimate of drug-likeness (QED) is 0.727. The molecule has 2 rings (SSSR count). The van der Waals surface area contributed by atoms with Gasteiger partial charge in [0.2, 0.25) is 5.91 Å². The first-order chi connectivity index (χ1) is 8.59. The van der Waals surface area contributed by atoms with Crippen LogP contribution in [0.25, 0.3) is 0 Å². The van der Waals surface area contributed by atoms with Crippen molar-refractivity contribution in [3.8, 4) is 0 Å². The highest BCUT2D eigenvalue weighted by molar-refractivity contribution is 5.75. The monoisotopic (exact) mass is 246 g/mol. The summed E-state index contributed by atoms with van der Waals surface area (Å²) in [6.45, 7) is 1.78. The van der Waals surface area contributed by atoms with Crippen LogP contribution in [0.15, 0.2) is 29.3 Å². The molecule has 2 aromatic rings. The number of hydrogen-bond acceptors (Lipinski definition) is 3. The highest BCUT2D eigenvalue weighted by Gasteiger charge is 2.22. The normalized spacial score (nSPS) is 12.3. The molecule has 1 amide bonds. The largest absolute Gasteiger partial charge is 0.370 e. The molecule has 0 saturated carbocycles. The Morgan fingerprint density at radius 2 is 2.06 bits per heavy atom. The molecular weight excluding hydrogens is 232 g/mol. The maximum atomic E-state index is 11.8. The molecule has 0 radical (unpaired) electrons. The van der Waals surface area contributed by atoms with Crippen LogP contribution in [-0.4, -0.2) is 21.1 Å². The van der Waals surface area contributed by atoms with E-state index in [2.05, 4.69) is 15.2 Å². The van der Waals surface area contributed by atoms with E-state index in [0.717, 1.165) is 5.56 Å². The summed E-state index contributed by atoms with van der Waals surface area (Å²) in [4.78, 5) is 26.9. The third kappa shape index (κ3) is 2.32. The van der Waals surface area contributed by atoms with Gasteiger partial charge in [0.15, 0.2) is 0 Å². The number of pyridine rings is 1. The zero-order valence-electron chi connectivity index (χ0n) is 9.93. The van der Waals surface area contributed by atoms with E-state index < -0.39 is 5.91 Å². The van der Waals surface area contributed by atoms with E-state index in [9.17, 15) is 9.59 Å². The third-order valence-electron chi connectivity index (χ3n) is 2.87. The minimum absolute atomic E-state index is 0.0891. The van der Waals surface area contributed by atoms with Crippen molar-refractivity contribution in [3.63, 3.8) is 0 Å². The fourth-order valence-corrected chi connectivity index (χ4v) is 2.06. The molecule has 6 nitrogen and oxygen atoms in total. The molecule has 2 heterocycles. The molecule has 1 atom stereocenters. The lowest BCUT2D eigenvalue weighted by Gasteiger charge is -2.14. The number of primary amides is 1. The van der Waals surface area contributed by atoms with Crippen LogP contribution in [0.2, 0.25) is 0 Å². The predicted molar refractivity (Wildman–Crippen MR) is 66.0 cm³/mol. The van der Waals surface area contributed by atoms with Gasteiger partial charge < -0.3 is 10.8 Å². The zero-order chi connectivity index (χ0) is 13.1. The number of nitrogens with two attached hydrogens (primary N) is 1. The number of nitrogens with zero attached hydrogens (tertiary/aromatic N) is 1. The lowest BCUT2D eigenvalue weighted by atomic mass is 9.89. The number of rotatable bonds is 4. The number of hydrogen-bond donors (Lipinski definition) is 3. The van der Waals surface area contributed by atoms with Gasteiger partial charge in [-0.2, -0.15) is 0 Å². The number of amides is 1. The van der Waals surface area contributed by atoms with Crippen molar-refractivity contribution in [1.29, 1.82) is 0 Å². The summed E-state index contributed by atoms with van der Waals surface area (Å²) in [5.41, 5.74) is 7.13. The molecule has 0 aliphatic heterocycles. The number of aromatic amines is 2. The highest BCUT2D eigenvalue weighted by atomic mass is 16.1. The van der Waals surface area contributed by atoms with Crippen LogP contribution in [0.3, 0.4) is 0 Å². The van der Waals surface area contributed by atoms with E-state index in [1.165, 1.54) is 0 Å². The van der Waals surface area contributed by atoms with Gasteiger partial charge in [-0.15, -0.1) is 0 Å². The molecule has 0 fully saturated rings. The van der Waals surface area contributed by atoms with Gasteiger partial charge in [-0.3, -0.25) is 19.7 Å². The van der Waals surface area contributed by atoms with E-state index in [-0.39, 0.29) is 17.9 Å². The second-order valence-corrected chi connectivity index (χ2v) is 4.12. The van der Waals surface area contributed by atoms with Crippen LogP contribution < -0.4 is 11.3 Å². The maximum Gasteiger partial charge on any atom is 0.267 e. The third-order valence-corrected chi connectivity index (χ3v) is 2.87. The zero-order valence-corrected chi connectivity index (χ0v) is 9.93. The Morgan fingerprint density at radius 3 is 2.56 bits per heavy atom. The number of aryl methyl sites for hydroxylation is 1. The van der Waals surface area contributed by atoms with Crippen molar-refractivity contribution >= 4 is 5.91 Å². The van der Waals surface area contributed by atoms with Crippen LogP contribution in [-0.2, 0) is 4.79 Å². The molecule has 0 saturated heterocycles. The summed E-state index contributed by atoms with van der Waals surface area (Å²) in [6.07, 6.45) is 3.34. The van der Waals surface area contributed by atoms with Gasteiger partial charge in [-0.05, 0) is 24.6 Å². The van der Waals surface area contributed by atoms with Crippen LogP contribution >= 0.6 is 0 Å². The molecular formula is C12H14N4O2. The van der Waals surface area contributed by atoms with Gasteiger partial charge in [-0.1, -0.05) is 0 Å². The lowest BCUT2D eigenvalue weighted by Crippen LogP contribution is -2.20. The van der Waals surface area contributed by atoms with Crippen molar-refractivity contribution < 1.29 is 4.79 Å². The first kappa shape index (κ1) is 12.1. The second kappa shape index (κ2) is 4.87. The Balaban J connectivity index is 2.50. The molecule has 0 unspecified atom stereocenters. The maximum absolute atomic E-state index is 11.8. The summed E-state index contributed by atoms with van der Waals surface area (Å²) in [5, 5.41) is 5.27. The summed E-state index contributed by atoms with van der Waals surface area (Å²) >= 11 is 0. The first-order valence-electron chi connectivity index (χ1n) is 5.55. The lowest BCUT2D eigenvalue weighted by molar-refractivity contribution is -0.118. The number of carbonyl (C=O) groups excluding carboxylic acids is 1. The summed E-state index contributed by atoms with van der Waals surface area (Å²) < 4.78 is 0. The Morgan fingerprint density at radius 1 is 1.39 bits per heavy atom. The van der Waals surface area contributed by atoms with Gasteiger partial charge in [0.05, 0.1) is 0 Å². The SMILES string of the molecule is Cc1[nH][nH]c(=O)c1[C@H](CC(N)=O)c1ccncc1. The van der Waals surface area contributed by atoms with Crippen molar-refractivity contribution in [2.75, 3.05) is 0 Å². The minimum atomic E-state index is -0.447. The Bertz CT molecular complexity index is 600. The molecule has 0 spiro atoms. The van der Waals surface area contributed by atoms with Crippen molar-refractivity contribution in [3.05, 3.63) is 51.7 Å². The van der Waals surface area contributed by atoms with Gasteiger partial charge in [0, 0.05) is 36.0 Å². The van der Waals surface area contributed by atoms with E-state index >= 15 is 0 Å². The number of carbonyl (C=O) groups is 1. The minimum Gasteiger partial charge on any atom is -0.370 e. The Labute approximate surface area is 103 Å². The Hall–Kier alpha value is -2.37.